The fraction of sp³-hybridized carbons (Fsp3) is 0.647. The molecule has 1 aromatic carbocycles. The fourth-order valence-electron chi connectivity index (χ4n) is 2.88. The lowest BCUT2D eigenvalue weighted by molar-refractivity contribution is 0.400. The SMILES string of the molecule is CCCNC1CCCCCCC1Sc1ccc(Cl)c(Cl)c1. The van der Waals surface area contributed by atoms with Crippen LogP contribution in [0.4, 0.5) is 0 Å². The second kappa shape index (κ2) is 9.29. The van der Waals surface area contributed by atoms with Crippen molar-refractivity contribution in [3.05, 3.63) is 28.2 Å². The minimum atomic E-state index is 0.615. The summed E-state index contributed by atoms with van der Waals surface area (Å²) < 4.78 is 0. The van der Waals surface area contributed by atoms with Gasteiger partial charge >= 0.3 is 0 Å². The highest BCUT2D eigenvalue weighted by Crippen LogP contribution is 2.35. The molecule has 1 aliphatic carbocycles. The summed E-state index contributed by atoms with van der Waals surface area (Å²) in [6.07, 6.45) is 9.21. The Kier molecular flexibility index (Phi) is 7.73. The van der Waals surface area contributed by atoms with E-state index in [-0.39, 0.29) is 0 Å². The van der Waals surface area contributed by atoms with Gasteiger partial charge in [-0.25, -0.2) is 0 Å². The molecule has 1 N–H and O–H groups in total. The molecule has 0 aromatic heterocycles. The van der Waals surface area contributed by atoms with Crippen LogP contribution in [0.1, 0.15) is 51.9 Å². The van der Waals surface area contributed by atoms with Gasteiger partial charge in [0.25, 0.3) is 0 Å². The van der Waals surface area contributed by atoms with E-state index in [9.17, 15) is 0 Å². The lowest BCUT2D eigenvalue weighted by atomic mass is 9.96. The minimum absolute atomic E-state index is 0.615. The van der Waals surface area contributed by atoms with Gasteiger partial charge in [0.2, 0.25) is 0 Å². The molecular weight excluding hydrogens is 321 g/mol. The molecule has 1 fully saturated rings. The highest BCUT2D eigenvalue weighted by atomic mass is 35.5. The zero-order chi connectivity index (χ0) is 15.1. The van der Waals surface area contributed by atoms with Crippen molar-refractivity contribution in [2.45, 2.75) is 68.1 Å². The molecule has 2 unspecified atom stereocenters. The van der Waals surface area contributed by atoms with Crippen molar-refractivity contribution in [3.63, 3.8) is 0 Å². The van der Waals surface area contributed by atoms with Crippen molar-refractivity contribution in [2.75, 3.05) is 6.54 Å². The highest BCUT2D eigenvalue weighted by Gasteiger charge is 2.23. The molecule has 0 amide bonds. The van der Waals surface area contributed by atoms with Crippen molar-refractivity contribution < 1.29 is 0 Å². The van der Waals surface area contributed by atoms with Crippen molar-refractivity contribution >= 4 is 35.0 Å². The Balaban J connectivity index is 2.05. The van der Waals surface area contributed by atoms with Crippen molar-refractivity contribution in [3.8, 4) is 0 Å². The standard InChI is InChI=1S/C17H25Cl2NS/c1-2-11-20-16-7-5-3-4-6-8-17(16)21-13-9-10-14(18)15(19)12-13/h9-10,12,16-17,20H,2-8,11H2,1H3. The van der Waals surface area contributed by atoms with Crippen LogP contribution in [0.3, 0.4) is 0 Å². The molecule has 1 saturated carbocycles. The van der Waals surface area contributed by atoms with E-state index >= 15 is 0 Å². The Morgan fingerprint density at radius 3 is 2.57 bits per heavy atom. The Hall–Kier alpha value is 0.110. The number of hydrogen-bond donors (Lipinski definition) is 1. The lowest BCUT2D eigenvalue weighted by Crippen LogP contribution is -2.39. The zero-order valence-electron chi connectivity index (χ0n) is 12.7. The third-order valence-electron chi connectivity index (χ3n) is 4.04. The van der Waals surface area contributed by atoms with Crippen LogP contribution in [-0.4, -0.2) is 17.8 Å². The van der Waals surface area contributed by atoms with Crippen LogP contribution in [0.15, 0.2) is 23.1 Å². The van der Waals surface area contributed by atoms with E-state index < -0.39 is 0 Å². The molecule has 2 rings (SSSR count). The molecule has 0 heterocycles. The minimum Gasteiger partial charge on any atom is -0.313 e. The van der Waals surface area contributed by atoms with Gasteiger partial charge in [-0.1, -0.05) is 55.8 Å². The molecule has 2 atom stereocenters. The Labute approximate surface area is 143 Å². The van der Waals surface area contributed by atoms with E-state index in [2.05, 4.69) is 18.3 Å². The lowest BCUT2D eigenvalue weighted by Gasteiger charge is -2.30. The fourth-order valence-corrected chi connectivity index (χ4v) is 4.61. The van der Waals surface area contributed by atoms with E-state index in [4.69, 9.17) is 23.2 Å². The molecule has 0 aliphatic heterocycles. The predicted octanol–water partition coefficient (Wildman–Crippen LogP) is 6.18. The summed E-state index contributed by atoms with van der Waals surface area (Å²) in [5, 5.41) is 5.69. The number of nitrogens with one attached hydrogen (secondary N) is 1. The third-order valence-corrected chi connectivity index (χ3v) is 6.17. The summed E-state index contributed by atoms with van der Waals surface area (Å²) in [7, 11) is 0. The van der Waals surface area contributed by atoms with Crippen LogP contribution < -0.4 is 5.32 Å². The van der Waals surface area contributed by atoms with Crippen molar-refractivity contribution in [2.24, 2.45) is 0 Å². The van der Waals surface area contributed by atoms with Gasteiger partial charge in [-0.3, -0.25) is 0 Å². The largest absolute Gasteiger partial charge is 0.313 e. The van der Waals surface area contributed by atoms with Crippen molar-refractivity contribution in [1.82, 2.24) is 5.32 Å². The second-order valence-electron chi connectivity index (χ2n) is 5.78. The average Bonchev–Trinajstić information content (AvgIpc) is 2.45. The van der Waals surface area contributed by atoms with Gasteiger partial charge in [-0.2, -0.15) is 0 Å². The molecule has 0 bridgehead atoms. The van der Waals surface area contributed by atoms with Gasteiger partial charge in [0.15, 0.2) is 0 Å². The molecular formula is C17H25Cl2NS. The first-order valence-electron chi connectivity index (χ1n) is 8.05. The van der Waals surface area contributed by atoms with Gasteiger partial charge in [0, 0.05) is 16.2 Å². The molecule has 0 saturated heterocycles. The molecule has 4 heteroatoms. The van der Waals surface area contributed by atoms with E-state index in [0.29, 0.717) is 21.3 Å². The quantitative estimate of drug-likeness (QED) is 0.683. The normalized spacial score (nSPS) is 23.6. The van der Waals surface area contributed by atoms with Crippen LogP contribution >= 0.6 is 35.0 Å². The van der Waals surface area contributed by atoms with Crippen LogP contribution in [0, 0.1) is 0 Å². The van der Waals surface area contributed by atoms with Crippen LogP contribution in [0.25, 0.3) is 0 Å². The van der Waals surface area contributed by atoms with Gasteiger partial charge in [0.1, 0.15) is 0 Å². The predicted molar refractivity (Wildman–Crippen MR) is 95.9 cm³/mol. The van der Waals surface area contributed by atoms with Crippen LogP contribution in [0.5, 0.6) is 0 Å². The highest BCUT2D eigenvalue weighted by molar-refractivity contribution is 8.00. The maximum absolute atomic E-state index is 6.15. The summed E-state index contributed by atoms with van der Waals surface area (Å²) in [5.41, 5.74) is 0. The van der Waals surface area contributed by atoms with Gasteiger partial charge in [0.05, 0.1) is 10.0 Å². The van der Waals surface area contributed by atoms with Gasteiger partial charge in [-0.15, -0.1) is 11.8 Å². The maximum atomic E-state index is 6.15. The number of hydrogen-bond acceptors (Lipinski definition) is 2. The average molecular weight is 346 g/mol. The summed E-state index contributed by atoms with van der Waals surface area (Å²) in [4.78, 5) is 1.23. The number of rotatable bonds is 5. The Morgan fingerprint density at radius 2 is 1.86 bits per heavy atom. The number of benzene rings is 1. The van der Waals surface area contributed by atoms with E-state index in [1.54, 1.807) is 0 Å². The van der Waals surface area contributed by atoms with Crippen LogP contribution in [-0.2, 0) is 0 Å². The third kappa shape index (κ3) is 5.67. The molecule has 1 nitrogen and oxygen atoms in total. The smallest absolute Gasteiger partial charge is 0.0603 e. The summed E-state index contributed by atoms with van der Waals surface area (Å²) >= 11 is 14.1. The molecule has 0 radical (unpaired) electrons. The monoisotopic (exact) mass is 345 g/mol. The number of thioether (sulfide) groups is 1. The first kappa shape index (κ1) is 17.5. The summed E-state index contributed by atoms with van der Waals surface area (Å²) in [6.45, 7) is 3.35. The van der Waals surface area contributed by atoms with E-state index in [1.165, 1.54) is 49.8 Å². The summed E-state index contributed by atoms with van der Waals surface area (Å²) in [5.74, 6) is 0. The molecule has 21 heavy (non-hydrogen) atoms. The van der Waals surface area contributed by atoms with Crippen molar-refractivity contribution in [1.29, 1.82) is 0 Å². The molecule has 1 aromatic rings. The molecule has 1 aliphatic rings. The number of halogens is 2. The zero-order valence-corrected chi connectivity index (χ0v) is 15.0. The van der Waals surface area contributed by atoms with Gasteiger partial charge < -0.3 is 5.32 Å². The second-order valence-corrected chi connectivity index (χ2v) is 7.91. The Morgan fingerprint density at radius 1 is 1.10 bits per heavy atom. The topological polar surface area (TPSA) is 12.0 Å². The Bertz CT molecular complexity index is 437. The molecule has 118 valence electrons. The maximum Gasteiger partial charge on any atom is 0.0603 e. The summed E-state index contributed by atoms with van der Waals surface area (Å²) in [6, 6.07) is 6.62. The first-order chi connectivity index (χ1) is 10.2. The first-order valence-corrected chi connectivity index (χ1v) is 9.69. The van der Waals surface area contributed by atoms with E-state index in [1.807, 2.05) is 23.9 Å². The van der Waals surface area contributed by atoms with E-state index in [0.717, 1.165) is 6.54 Å². The molecule has 0 spiro atoms. The van der Waals surface area contributed by atoms with Crippen LogP contribution in [0.2, 0.25) is 10.0 Å². The van der Waals surface area contributed by atoms with Gasteiger partial charge in [-0.05, 0) is 44.0 Å².